The van der Waals surface area contributed by atoms with Gasteiger partial charge < -0.3 is 9.84 Å². The fourth-order valence-corrected chi connectivity index (χ4v) is 4.90. The number of aryl methyl sites for hydroxylation is 1. The molecular weight excluding hydrogens is 452 g/mol. The van der Waals surface area contributed by atoms with Gasteiger partial charge in [0.2, 0.25) is 10.0 Å². The molecule has 34 heavy (non-hydrogen) atoms. The number of sulfonamides is 1. The summed E-state index contributed by atoms with van der Waals surface area (Å²) >= 11 is 0. The van der Waals surface area contributed by atoms with Crippen molar-refractivity contribution in [3.05, 3.63) is 77.5 Å². The molecule has 8 nitrogen and oxygen atoms in total. The Bertz CT molecular complexity index is 1430. The van der Waals surface area contributed by atoms with Crippen LogP contribution in [-0.2, 0) is 16.6 Å². The zero-order valence-corrected chi connectivity index (χ0v) is 20.3. The summed E-state index contributed by atoms with van der Waals surface area (Å²) in [5.41, 5.74) is 3.54. The molecule has 0 aliphatic heterocycles. The number of benzene rings is 2. The lowest BCUT2D eigenvalue weighted by Gasteiger charge is -2.21. The molecule has 176 valence electrons. The number of amides is 1. The number of nitrogens with one attached hydrogen (secondary N) is 1. The van der Waals surface area contributed by atoms with Crippen molar-refractivity contribution in [1.29, 1.82) is 0 Å². The average molecular weight is 479 g/mol. The van der Waals surface area contributed by atoms with Crippen LogP contribution >= 0.6 is 0 Å². The van der Waals surface area contributed by atoms with Crippen molar-refractivity contribution in [2.75, 3.05) is 7.05 Å². The molecule has 9 heteroatoms. The average Bonchev–Trinajstić information content (AvgIpc) is 3.22. The lowest BCUT2D eigenvalue weighted by atomic mass is 10.0. The van der Waals surface area contributed by atoms with E-state index in [1.54, 1.807) is 44.3 Å². The number of aromatic nitrogens is 2. The molecule has 0 saturated heterocycles. The Hall–Kier alpha value is -3.56. The highest BCUT2D eigenvalue weighted by Gasteiger charge is 2.23. The molecule has 2 aromatic carbocycles. The molecule has 0 aliphatic rings. The first-order chi connectivity index (χ1) is 16.2. The van der Waals surface area contributed by atoms with E-state index in [4.69, 9.17) is 4.52 Å². The predicted octanol–water partition coefficient (Wildman–Crippen LogP) is 4.16. The van der Waals surface area contributed by atoms with E-state index >= 15 is 0 Å². The zero-order chi connectivity index (χ0) is 24.5. The van der Waals surface area contributed by atoms with Crippen LogP contribution in [0.2, 0.25) is 0 Å². The highest BCUT2D eigenvalue weighted by atomic mass is 32.2. The molecule has 0 radical (unpaired) electrons. The molecule has 0 bridgehead atoms. The Morgan fingerprint density at radius 2 is 1.76 bits per heavy atom. The van der Waals surface area contributed by atoms with Gasteiger partial charge in [-0.15, -0.1) is 0 Å². The summed E-state index contributed by atoms with van der Waals surface area (Å²) in [6, 6.07) is 17.6. The van der Waals surface area contributed by atoms with Gasteiger partial charge in [0.25, 0.3) is 11.6 Å². The fourth-order valence-electron chi connectivity index (χ4n) is 3.53. The van der Waals surface area contributed by atoms with Crippen LogP contribution in [0.5, 0.6) is 0 Å². The maximum atomic E-state index is 13.1. The zero-order valence-electron chi connectivity index (χ0n) is 19.4. The van der Waals surface area contributed by atoms with Crippen LogP contribution in [0.4, 0.5) is 0 Å². The summed E-state index contributed by atoms with van der Waals surface area (Å²) in [7, 11) is -2.01. The first kappa shape index (κ1) is 23.6. The Balaban J connectivity index is 1.57. The van der Waals surface area contributed by atoms with Gasteiger partial charge in [-0.2, -0.15) is 4.31 Å². The maximum absolute atomic E-state index is 13.1. The summed E-state index contributed by atoms with van der Waals surface area (Å²) in [5, 5.41) is 7.44. The van der Waals surface area contributed by atoms with E-state index in [2.05, 4.69) is 15.5 Å². The van der Waals surface area contributed by atoms with Crippen LogP contribution in [0, 0.1) is 6.92 Å². The van der Waals surface area contributed by atoms with Gasteiger partial charge >= 0.3 is 0 Å². The smallest absolute Gasteiger partial charge is 0.259 e. The number of hydrogen-bond acceptors (Lipinski definition) is 6. The van der Waals surface area contributed by atoms with Crippen LogP contribution < -0.4 is 5.32 Å². The highest BCUT2D eigenvalue weighted by molar-refractivity contribution is 7.89. The van der Waals surface area contributed by atoms with E-state index < -0.39 is 10.0 Å². The number of carbonyl (C=O) groups is 1. The van der Waals surface area contributed by atoms with Gasteiger partial charge in [-0.05, 0) is 44.5 Å². The highest BCUT2D eigenvalue weighted by Crippen LogP contribution is 2.27. The third-order valence-electron chi connectivity index (χ3n) is 5.71. The minimum Gasteiger partial charge on any atom is -0.348 e. The molecule has 0 fully saturated rings. The number of rotatable bonds is 7. The molecule has 0 spiro atoms. The van der Waals surface area contributed by atoms with Gasteiger partial charge in [-0.3, -0.25) is 4.79 Å². The molecular formula is C25H26N4O4S. The molecule has 4 aromatic rings. The number of fused-ring (bicyclic) bond motifs is 1. The molecule has 2 aromatic heterocycles. The van der Waals surface area contributed by atoms with Crippen LogP contribution in [0.25, 0.3) is 22.4 Å². The standard InChI is InChI=1S/C25H26N4O4S/c1-16(2)29(4)34(31,32)20-12-10-18(11-13-20)15-26-24(30)21-14-22(19-8-6-5-7-9-19)27-25-23(21)17(3)28-33-25/h5-14,16H,15H2,1-4H3,(H,26,30). The Morgan fingerprint density at radius 1 is 1.09 bits per heavy atom. The molecule has 2 heterocycles. The lowest BCUT2D eigenvalue weighted by Crippen LogP contribution is -2.33. The van der Waals surface area contributed by atoms with E-state index in [1.165, 1.54) is 4.31 Å². The van der Waals surface area contributed by atoms with E-state index in [0.29, 0.717) is 28.1 Å². The van der Waals surface area contributed by atoms with Crippen molar-refractivity contribution >= 4 is 27.0 Å². The third-order valence-corrected chi connectivity index (χ3v) is 7.76. The van der Waals surface area contributed by atoms with Crippen molar-refractivity contribution in [2.45, 2.75) is 38.3 Å². The quantitative estimate of drug-likeness (QED) is 0.428. The Labute approximate surface area is 198 Å². The second kappa shape index (κ2) is 9.36. The molecule has 0 unspecified atom stereocenters. The van der Waals surface area contributed by atoms with Crippen LogP contribution in [-0.4, -0.2) is 41.9 Å². The van der Waals surface area contributed by atoms with Gasteiger partial charge in [0.05, 0.1) is 27.2 Å². The van der Waals surface area contributed by atoms with E-state index in [-0.39, 0.29) is 23.4 Å². The normalized spacial score (nSPS) is 11.9. The summed E-state index contributed by atoms with van der Waals surface area (Å²) in [4.78, 5) is 17.9. The fraction of sp³-hybridized carbons (Fsp3) is 0.240. The maximum Gasteiger partial charge on any atom is 0.259 e. The minimum atomic E-state index is -3.56. The summed E-state index contributed by atoms with van der Waals surface area (Å²) in [6.07, 6.45) is 0. The lowest BCUT2D eigenvalue weighted by molar-refractivity contribution is 0.0952. The van der Waals surface area contributed by atoms with Gasteiger partial charge in [-0.1, -0.05) is 47.6 Å². The number of pyridine rings is 1. The monoisotopic (exact) mass is 478 g/mol. The van der Waals surface area contributed by atoms with E-state index in [1.807, 2.05) is 44.2 Å². The second-order valence-corrected chi connectivity index (χ2v) is 10.3. The topological polar surface area (TPSA) is 105 Å². The van der Waals surface area contributed by atoms with Crippen LogP contribution in [0.15, 0.2) is 70.1 Å². The molecule has 1 N–H and O–H groups in total. The largest absolute Gasteiger partial charge is 0.348 e. The number of carbonyl (C=O) groups excluding carboxylic acids is 1. The molecule has 1 amide bonds. The van der Waals surface area contributed by atoms with Crippen LogP contribution in [0.3, 0.4) is 0 Å². The second-order valence-electron chi connectivity index (χ2n) is 8.31. The summed E-state index contributed by atoms with van der Waals surface area (Å²) in [6.45, 7) is 5.63. The van der Waals surface area contributed by atoms with Gasteiger partial charge in [0.1, 0.15) is 0 Å². The van der Waals surface area contributed by atoms with Gasteiger partial charge in [0, 0.05) is 25.2 Å². The van der Waals surface area contributed by atoms with Crippen molar-refractivity contribution in [3.63, 3.8) is 0 Å². The van der Waals surface area contributed by atoms with E-state index in [0.717, 1.165) is 11.1 Å². The van der Waals surface area contributed by atoms with Crippen LogP contribution in [0.1, 0.15) is 35.5 Å². The van der Waals surface area contributed by atoms with Crippen molar-refractivity contribution in [1.82, 2.24) is 19.8 Å². The Morgan fingerprint density at radius 3 is 2.41 bits per heavy atom. The van der Waals surface area contributed by atoms with Gasteiger partial charge in [-0.25, -0.2) is 13.4 Å². The first-order valence-corrected chi connectivity index (χ1v) is 12.3. The predicted molar refractivity (Wildman–Crippen MR) is 130 cm³/mol. The molecule has 4 rings (SSSR count). The molecule has 0 aliphatic carbocycles. The van der Waals surface area contributed by atoms with Crippen molar-refractivity contribution in [3.8, 4) is 11.3 Å². The molecule has 0 atom stereocenters. The Kier molecular flexibility index (Phi) is 6.49. The number of hydrogen-bond donors (Lipinski definition) is 1. The summed E-state index contributed by atoms with van der Waals surface area (Å²) in [5.74, 6) is -0.299. The number of nitrogens with zero attached hydrogens (tertiary/aromatic N) is 3. The van der Waals surface area contributed by atoms with Crippen molar-refractivity contribution < 1.29 is 17.7 Å². The SMILES string of the molecule is Cc1noc2nc(-c3ccccc3)cc(C(=O)NCc3ccc(S(=O)(=O)N(C)C(C)C)cc3)c12. The minimum absolute atomic E-state index is 0.150. The molecule has 0 saturated carbocycles. The van der Waals surface area contributed by atoms with E-state index in [9.17, 15) is 13.2 Å². The van der Waals surface area contributed by atoms with Crippen molar-refractivity contribution in [2.24, 2.45) is 0 Å². The van der Waals surface area contributed by atoms with Gasteiger partial charge in [0.15, 0.2) is 0 Å². The first-order valence-electron chi connectivity index (χ1n) is 10.9. The summed E-state index contributed by atoms with van der Waals surface area (Å²) < 4.78 is 32.0. The third kappa shape index (κ3) is 4.57.